The van der Waals surface area contributed by atoms with Crippen molar-refractivity contribution in [1.82, 2.24) is 9.38 Å². The first-order valence-corrected chi connectivity index (χ1v) is 4.59. The van der Waals surface area contributed by atoms with Gasteiger partial charge in [0, 0.05) is 12.4 Å². The van der Waals surface area contributed by atoms with Crippen molar-refractivity contribution in [2.75, 3.05) is 0 Å². The molecular formula is C10H12N4O. The molecule has 2 aromatic heterocycles. The first-order valence-electron chi connectivity index (χ1n) is 4.59. The fourth-order valence-electron chi connectivity index (χ4n) is 1.44. The molecule has 0 bridgehead atoms. The summed E-state index contributed by atoms with van der Waals surface area (Å²) in [6.07, 6.45) is 4.16. The summed E-state index contributed by atoms with van der Waals surface area (Å²) in [4.78, 5) is 4.35. The highest BCUT2D eigenvalue weighted by Gasteiger charge is 2.03. The maximum absolute atomic E-state index is 8.44. The number of amidine groups is 1. The van der Waals surface area contributed by atoms with Gasteiger partial charge in [0.2, 0.25) is 0 Å². The van der Waals surface area contributed by atoms with Crippen LogP contribution in [-0.2, 0) is 6.42 Å². The highest BCUT2D eigenvalue weighted by atomic mass is 16.4. The second-order valence-electron chi connectivity index (χ2n) is 3.47. The summed E-state index contributed by atoms with van der Waals surface area (Å²) in [5.74, 6) is 0.162. The third-order valence-corrected chi connectivity index (χ3v) is 2.16. The van der Waals surface area contributed by atoms with E-state index in [-0.39, 0.29) is 5.84 Å². The average molecular weight is 204 g/mol. The van der Waals surface area contributed by atoms with Gasteiger partial charge in [-0.05, 0) is 24.6 Å². The minimum atomic E-state index is 0.162. The van der Waals surface area contributed by atoms with Gasteiger partial charge in [-0.2, -0.15) is 0 Å². The second-order valence-corrected chi connectivity index (χ2v) is 3.47. The van der Waals surface area contributed by atoms with Crippen molar-refractivity contribution >= 4 is 11.5 Å². The Hall–Kier alpha value is -2.04. The minimum Gasteiger partial charge on any atom is -0.409 e. The monoisotopic (exact) mass is 204 g/mol. The molecule has 0 atom stereocenters. The van der Waals surface area contributed by atoms with Crippen molar-refractivity contribution in [3.8, 4) is 0 Å². The van der Waals surface area contributed by atoms with Gasteiger partial charge < -0.3 is 15.3 Å². The Balaban J connectivity index is 2.39. The summed E-state index contributed by atoms with van der Waals surface area (Å²) in [6, 6.07) is 3.98. The lowest BCUT2D eigenvalue weighted by Gasteiger charge is -1.92. The maximum atomic E-state index is 8.44. The molecule has 2 rings (SSSR count). The van der Waals surface area contributed by atoms with Gasteiger partial charge in [-0.3, -0.25) is 0 Å². The van der Waals surface area contributed by atoms with Crippen LogP contribution in [0.4, 0.5) is 0 Å². The van der Waals surface area contributed by atoms with E-state index < -0.39 is 0 Å². The Bertz CT molecular complexity index is 515. The van der Waals surface area contributed by atoms with Gasteiger partial charge in [-0.1, -0.05) is 5.16 Å². The first-order chi connectivity index (χ1) is 7.19. The SMILES string of the molecule is Cc1ccn2cc(C/C(N)=N/O)nc2c1. The molecule has 0 aromatic carbocycles. The minimum absolute atomic E-state index is 0.162. The second kappa shape index (κ2) is 3.61. The van der Waals surface area contributed by atoms with E-state index in [1.165, 1.54) is 0 Å². The van der Waals surface area contributed by atoms with Crippen LogP contribution in [0.3, 0.4) is 0 Å². The Kier molecular flexibility index (Phi) is 2.29. The molecule has 0 saturated heterocycles. The van der Waals surface area contributed by atoms with Crippen LogP contribution >= 0.6 is 0 Å². The van der Waals surface area contributed by atoms with Crippen molar-refractivity contribution in [2.24, 2.45) is 10.9 Å². The van der Waals surface area contributed by atoms with E-state index in [1.807, 2.05) is 35.9 Å². The van der Waals surface area contributed by atoms with Crippen molar-refractivity contribution in [1.29, 1.82) is 0 Å². The van der Waals surface area contributed by atoms with Crippen LogP contribution in [0.15, 0.2) is 29.7 Å². The van der Waals surface area contributed by atoms with Crippen molar-refractivity contribution in [3.63, 3.8) is 0 Å². The number of nitrogens with two attached hydrogens (primary N) is 1. The quantitative estimate of drug-likeness (QED) is 0.331. The molecule has 0 amide bonds. The van der Waals surface area contributed by atoms with Crippen LogP contribution in [0.25, 0.3) is 5.65 Å². The smallest absolute Gasteiger partial charge is 0.145 e. The zero-order valence-corrected chi connectivity index (χ0v) is 8.38. The number of hydrogen-bond acceptors (Lipinski definition) is 3. The van der Waals surface area contributed by atoms with E-state index in [0.717, 1.165) is 16.9 Å². The van der Waals surface area contributed by atoms with E-state index in [1.54, 1.807) is 0 Å². The number of hydrogen-bond donors (Lipinski definition) is 2. The molecule has 5 heteroatoms. The first kappa shape index (κ1) is 9.51. The summed E-state index contributed by atoms with van der Waals surface area (Å²) in [6.45, 7) is 2.01. The van der Waals surface area contributed by atoms with Gasteiger partial charge in [0.25, 0.3) is 0 Å². The number of nitrogens with zero attached hydrogens (tertiary/aromatic N) is 3. The molecule has 2 heterocycles. The Morgan fingerprint density at radius 2 is 2.47 bits per heavy atom. The number of rotatable bonds is 2. The largest absolute Gasteiger partial charge is 0.409 e. The summed E-state index contributed by atoms with van der Waals surface area (Å²) < 4.78 is 1.91. The van der Waals surface area contributed by atoms with Crippen LogP contribution in [-0.4, -0.2) is 20.4 Å². The lowest BCUT2D eigenvalue weighted by molar-refractivity contribution is 0.317. The molecule has 15 heavy (non-hydrogen) atoms. The predicted molar refractivity (Wildman–Crippen MR) is 57.0 cm³/mol. The third kappa shape index (κ3) is 1.90. The van der Waals surface area contributed by atoms with E-state index >= 15 is 0 Å². The number of oxime groups is 1. The predicted octanol–water partition coefficient (Wildman–Crippen LogP) is 0.932. The molecule has 78 valence electrons. The zero-order chi connectivity index (χ0) is 10.8. The molecule has 3 N–H and O–H groups in total. The summed E-state index contributed by atoms with van der Waals surface area (Å²) in [5, 5.41) is 11.4. The van der Waals surface area contributed by atoms with Crippen molar-refractivity contribution < 1.29 is 5.21 Å². The molecule has 5 nitrogen and oxygen atoms in total. The van der Waals surface area contributed by atoms with Gasteiger partial charge in [-0.25, -0.2) is 4.98 Å². The third-order valence-electron chi connectivity index (χ3n) is 2.16. The fraction of sp³-hybridized carbons (Fsp3) is 0.200. The highest BCUT2D eigenvalue weighted by molar-refractivity contribution is 5.81. The van der Waals surface area contributed by atoms with Gasteiger partial charge >= 0.3 is 0 Å². The molecule has 0 aliphatic carbocycles. The fourth-order valence-corrected chi connectivity index (χ4v) is 1.44. The van der Waals surface area contributed by atoms with Crippen LogP contribution in [0.5, 0.6) is 0 Å². The standard InChI is InChI=1S/C10H12N4O/c1-7-2-3-14-6-8(5-9(11)13-15)12-10(14)4-7/h2-4,6,15H,5H2,1H3,(H2,11,13). The van der Waals surface area contributed by atoms with Crippen LogP contribution in [0, 0.1) is 6.92 Å². The van der Waals surface area contributed by atoms with Gasteiger partial charge in [0.1, 0.15) is 11.5 Å². The Labute approximate surface area is 86.8 Å². The molecule has 0 aliphatic rings. The van der Waals surface area contributed by atoms with Crippen molar-refractivity contribution in [2.45, 2.75) is 13.3 Å². The average Bonchev–Trinajstić information content (AvgIpc) is 2.59. The van der Waals surface area contributed by atoms with E-state index in [9.17, 15) is 0 Å². The summed E-state index contributed by atoms with van der Waals surface area (Å²) in [7, 11) is 0. The molecule has 0 radical (unpaired) electrons. The number of aromatic nitrogens is 2. The van der Waals surface area contributed by atoms with E-state index in [2.05, 4.69) is 10.1 Å². The molecule has 0 spiro atoms. The highest BCUT2D eigenvalue weighted by Crippen LogP contribution is 2.07. The van der Waals surface area contributed by atoms with Gasteiger partial charge in [0.05, 0.1) is 12.1 Å². The zero-order valence-electron chi connectivity index (χ0n) is 8.38. The lowest BCUT2D eigenvalue weighted by atomic mass is 10.3. The number of pyridine rings is 1. The Morgan fingerprint density at radius 3 is 3.20 bits per heavy atom. The number of fused-ring (bicyclic) bond motifs is 1. The molecule has 0 aliphatic heterocycles. The Morgan fingerprint density at radius 1 is 1.67 bits per heavy atom. The number of aryl methyl sites for hydroxylation is 1. The normalized spacial score (nSPS) is 12.2. The van der Waals surface area contributed by atoms with Crippen LogP contribution in [0.1, 0.15) is 11.3 Å². The molecule has 2 aromatic rings. The maximum Gasteiger partial charge on any atom is 0.145 e. The van der Waals surface area contributed by atoms with Crippen LogP contribution in [0.2, 0.25) is 0 Å². The van der Waals surface area contributed by atoms with Crippen molar-refractivity contribution in [3.05, 3.63) is 35.8 Å². The molecule has 0 fully saturated rings. The number of imidazole rings is 1. The van der Waals surface area contributed by atoms with Gasteiger partial charge in [0.15, 0.2) is 0 Å². The summed E-state index contributed by atoms with van der Waals surface area (Å²) in [5.41, 5.74) is 8.22. The topological polar surface area (TPSA) is 75.9 Å². The molecule has 0 saturated carbocycles. The molecule has 0 unspecified atom stereocenters. The van der Waals surface area contributed by atoms with E-state index in [4.69, 9.17) is 10.9 Å². The van der Waals surface area contributed by atoms with Crippen LogP contribution < -0.4 is 5.73 Å². The van der Waals surface area contributed by atoms with E-state index in [0.29, 0.717) is 6.42 Å². The van der Waals surface area contributed by atoms with Gasteiger partial charge in [-0.15, -0.1) is 0 Å². The molecular weight excluding hydrogens is 192 g/mol. The lowest BCUT2D eigenvalue weighted by Crippen LogP contribution is -2.14. The summed E-state index contributed by atoms with van der Waals surface area (Å²) >= 11 is 0.